The Labute approximate surface area is 491 Å². The van der Waals surface area contributed by atoms with Crippen molar-refractivity contribution in [3.05, 3.63) is 185 Å². The Balaban J connectivity index is 0.000000359. The van der Waals surface area contributed by atoms with Crippen LogP contribution < -0.4 is 19.5 Å². The summed E-state index contributed by atoms with van der Waals surface area (Å²) in [6.45, 7) is 18.5. The maximum Gasteiger partial charge on any atom is 2.00 e. The third kappa shape index (κ3) is 18.9. The van der Waals surface area contributed by atoms with Crippen molar-refractivity contribution in [2.75, 3.05) is 4.90 Å². The number of alkyl halides is 3. The van der Waals surface area contributed by atoms with Gasteiger partial charge in [0.25, 0.3) is 12.9 Å². The quantitative estimate of drug-likeness (QED) is 0.0327. The van der Waals surface area contributed by atoms with Crippen LogP contribution in [0.4, 0.5) is 30.2 Å². The number of halogens is 3. The third-order valence-corrected chi connectivity index (χ3v) is 13.1. The van der Waals surface area contributed by atoms with Crippen molar-refractivity contribution >= 4 is 59.5 Å². The number of isothiocyanates is 1. The van der Waals surface area contributed by atoms with Crippen LogP contribution in [0.2, 0.25) is 0 Å². The van der Waals surface area contributed by atoms with Crippen LogP contribution in [-0.2, 0) is 52.5 Å². The van der Waals surface area contributed by atoms with Gasteiger partial charge in [0.2, 0.25) is 0 Å². The zero-order valence-corrected chi connectivity index (χ0v) is 49.1. The van der Waals surface area contributed by atoms with Crippen LogP contribution in [0.3, 0.4) is 0 Å². The van der Waals surface area contributed by atoms with E-state index in [1.54, 1.807) is 36.7 Å². The number of benzene rings is 3. The topological polar surface area (TPSA) is 157 Å². The minimum Gasteiger partial charge on any atom is -0.753 e. The van der Waals surface area contributed by atoms with E-state index < -0.39 is 11.9 Å². The van der Waals surface area contributed by atoms with Gasteiger partial charge in [-0.15, -0.1) is 0 Å². The van der Waals surface area contributed by atoms with Gasteiger partial charge < -0.3 is 30.0 Å². The fourth-order valence-electron chi connectivity index (χ4n) is 8.60. The van der Waals surface area contributed by atoms with Crippen LogP contribution in [0.5, 0.6) is 11.5 Å². The molecular weight excluding hydrogens is 1130 g/mol. The minimum atomic E-state index is -4.48. The van der Waals surface area contributed by atoms with Gasteiger partial charge in [0, 0.05) is 59.5 Å². The Bertz CT molecular complexity index is 3290. The maximum atomic E-state index is 12.6. The molecule has 17 heteroatoms. The van der Waals surface area contributed by atoms with Gasteiger partial charge >= 0.3 is 25.7 Å². The van der Waals surface area contributed by atoms with E-state index in [1.165, 1.54) is 41.7 Å². The van der Waals surface area contributed by atoms with Crippen molar-refractivity contribution in [2.45, 2.75) is 111 Å². The molecule has 8 rings (SSSR count). The predicted octanol–water partition coefficient (Wildman–Crippen LogP) is 16.4. The van der Waals surface area contributed by atoms with Crippen LogP contribution in [-0.4, -0.2) is 43.1 Å². The van der Waals surface area contributed by atoms with Crippen molar-refractivity contribution < 1.29 is 51.7 Å². The molecule has 3 aromatic carbocycles. The standard InChI is InChI=1S/C45H42N4O4.C18H23F3N3.CNS.Ru/c1-44(2,3)33-11-17-36(18-12-33)49(37-19-13-34(14-20-37)45(4,5)6)35-15-9-31(10-16-35)7-8-32-21-23-46-40(25-32)42-27-39(53-30-51)28-43(48-42)41-26-38(52-29-50)22-24-47-41;1-3-5-6-13(4-2)7-8-14-9-10-22-15(11-14)16-12-17(24-23-16)18(19,20)21;2-1-3;/h7-30H,1-6H3;9-13H,3-8H2,1-2H3;;/q;2*-1;+2/b8-7+;;;. The largest absolute Gasteiger partial charge is 2.00 e. The van der Waals surface area contributed by atoms with E-state index in [9.17, 15) is 22.8 Å². The molecule has 0 fully saturated rings. The molecule has 0 N–H and O–H groups in total. The van der Waals surface area contributed by atoms with Crippen LogP contribution >= 0.6 is 12.2 Å². The Morgan fingerprint density at radius 3 is 1.64 bits per heavy atom. The summed E-state index contributed by atoms with van der Waals surface area (Å²) in [4.78, 5) is 42.1. The summed E-state index contributed by atoms with van der Waals surface area (Å²) < 4.78 is 48.0. The molecule has 0 saturated carbocycles. The summed E-state index contributed by atoms with van der Waals surface area (Å²) in [7, 11) is 0. The number of carbonyl (C=O) groups is 2. The summed E-state index contributed by atoms with van der Waals surface area (Å²) in [6, 6.07) is 41.0. The number of carbonyl (C=O) groups excluding carboxylic acids is 2. The van der Waals surface area contributed by atoms with E-state index in [2.05, 4.69) is 177 Å². The molecule has 5 aromatic heterocycles. The summed E-state index contributed by atoms with van der Waals surface area (Å²) in [5.41, 5.74) is 10.5. The second-order valence-corrected chi connectivity index (χ2v) is 21.1. The van der Waals surface area contributed by atoms with Crippen molar-refractivity contribution in [3.63, 3.8) is 0 Å². The summed E-state index contributed by atoms with van der Waals surface area (Å²) in [5, 5.41) is 15.3. The van der Waals surface area contributed by atoms with Gasteiger partial charge in [0.1, 0.15) is 17.2 Å². The minimum absolute atomic E-state index is 0. The smallest absolute Gasteiger partial charge is 0.753 e. The number of nitrogens with zero attached hydrogens (tertiary/aromatic N) is 8. The second-order valence-electron chi connectivity index (χ2n) is 20.9. The molecule has 0 amide bonds. The van der Waals surface area contributed by atoms with Crippen LogP contribution in [0.25, 0.3) is 51.7 Å². The summed E-state index contributed by atoms with van der Waals surface area (Å²) in [5.74, 6) is 1.28. The van der Waals surface area contributed by atoms with Gasteiger partial charge in [-0.05, 0) is 130 Å². The number of rotatable bonds is 19. The molecule has 0 spiro atoms. The molecule has 81 heavy (non-hydrogen) atoms. The van der Waals surface area contributed by atoms with E-state index in [0.717, 1.165) is 59.1 Å². The molecule has 1 unspecified atom stereocenters. The molecule has 0 aliphatic carbocycles. The van der Waals surface area contributed by atoms with E-state index in [1.807, 2.05) is 30.3 Å². The Kier molecular flexibility index (Phi) is 23.8. The van der Waals surface area contributed by atoms with Gasteiger partial charge in [0.05, 0.1) is 22.8 Å². The van der Waals surface area contributed by atoms with E-state index >= 15 is 0 Å². The summed E-state index contributed by atoms with van der Waals surface area (Å²) in [6.07, 6.45) is 11.2. The molecule has 12 nitrogen and oxygen atoms in total. The fraction of sp³-hybridized carbons (Fsp3) is 0.281. The van der Waals surface area contributed by atoms with Crippen molar-refractivity contribution in [1.82, 2.24) is 30.1 Å². The number of thiocarbonyl (C=S) groups is 1. The molecule has 420 valence electrons. The first-order valence-corrected chi connectivity index (χ1v) is 26.7. The SMILES string of the molecule is CC(C)(C)c1ccc(N(c2ccc(/C=C/c3ccnc(-c4cc(OC=O)cc(-c5cc(OC=O)ccn5)n4)c3)cc2)c2ccc(C(C)(C)C)cc2)cc1.CCCCC(CC)CCc1ccnc(-c2cc(C(F)(F)F)n[n-]2)c1.[N-]=C=S.[Ru+2]. The molecular formula is C64H65F3N8O4RuS. The molecule has 0 radical (unpaired) electrons. The molecule has 8 aromatic rings. The first kappa shape index (κ1) is 64.0. The summed E-state index contributed by atoms with van der Waals surface area (Å²) >= 11 is 3.70. The molecule has 0 bridgehead atoms. The Hall–Kier alpha value is -7.84. The third-order valence-electron chi connectivity index (χ3n) is 13.1. The molecule has 0 aliphatic rings. The van der Waals surface area contributed by atoms with Gasteiger partial charge in [-0.1, -0.05) is 148 Å². The van der Waals surface area contributed by atoms with Gasteiger partial charge in [-0.2, -0.15) is 18.3 Å². The molecule has 5 heterocycles. The Morgan fingerprint density at radius 1 is 0.630 bits per heavy atom. The van der Waals surface area contributed by atoms with Crippen LogP contribution in [0.15, 0.2) is 146 Å². The molecule has 0 saturated heterocycles. The maximum absolute atomic E-state index is 12.6. The number of anilines is 3. The first-order chi connectivity index (χ1) is 38.3. The predicted molar refractivity (Wildman–Crippen MR) is 315 cm³/mol. The van der Waals surface area contributed by atoms with Crippen molar-refractivity contribution in [3.8, 4) is 45.7 Å². The molecule has 0 aliphatic heterocycles. The zero-order valence-electron chi connectivity index (χ0n) is 46.6. The first-order valence-electron chi connectivity index (χ1n) is 26.3. The van der Waals surface area contributed by atoms with Crippen molar-refractivity contribution in [2.24, 2.45) is 5.92 Å². The van der Waals surface area contributed by atoms with Crippen molar-refractivity contribution in [1.29, 1.82) is 0 Å². The normalized spacial score (nSPS) is 11.6. The van der Waals surface area contributed by atoms with Gasteiger partial charge in [-0.3, -0.25) is 24.5 Å². The van der Waals surface area contributed by atoms with E-state index in [-0.39, 0.29) is 41.8 Å². The van der Waals surface area contributed by atoms with E-state index in [0.29, 0.717) is 53.1 Å². The number of unbranched alkanes of at least 4 members (excludes halogenated alkanes) is 1. The number of pyridine rings is 4. The van der Waals surface area contributed by atoms with Crippen LogP contribution in [0.1, 0.15) is 121 Å². The average Bonchev–Trinajstić information content (AvgIpc) is 3.96. The second kappa shape index (κ2) is 30.1. The number of aryl methyl sites for hydroxylation is 1. The number of aromatic nitrogens is 6. The number of ether oxygens (including phenoxy) is 2. The zero-order chi connectivity index (χ0) is 57.9. The van der Waals surface area contributed by atoms with Gasteiger partial charge in [-0.25, -0.2) is 4.98 Å². The average molecular weight is 1200 g/mol. The van der Waals surface area contributed by atoms with Crippen LogP contribution in [0, 0.1) is 5.92 Å². The number of hydrogen-bond donors (Lipinski definition) is 0. The number of hydrogen-bond acceptors (Lipinski definition) is 11. The Morgan fingerprint density at radius 2 is 1.12 bits per heavy atom. The van der Waals surface area contributed by atoms with Gasteiger partial charge in [0.15, 0.2) is 0 Å². The molecule has 1 atom stereocenters. The monoisotopic (exact) mass is 1200 g/mol. The fourth-order valence-corrected chi connectivity index (χ4v) is 8.60. The van der Waals surface area contributed by atoms with E-state index in [4.69, 9.17) is 19.9 Å².